The van der Waals surface area contributed by atoms with Gasteiger partial charge in [0, 0.05) is 12.7 Å². The summed E-state index contributed by atoms with van der Waals surface area (Å²) in [6, 6.07) is 0.843. The number of halogens is 1. The number of hydrogen-bond donors (Lipinski definition) is 3. The Morgan fingerprint density at radius 1 is 1.56 bits per heavy atom. The zero-order valence-corrected chi connectivity index (χ0v) is 5.57. The Morgan fingerprint density at radius 2 is 2.44 bits per heavy atom. The highest BCUT2D eigenvalue weighted by molar-refractivity contribution is 6.30. The lowest BCUT2D eigenvalue weighted by molar-refractivity contribution is 0.223. The summed E-state index contributed by atoms with van der Waals surface area (Å²) >= 11 is 5.81. The van der Waals surface area contributed by atoms with Crippen molar-refractivity contribution in [2.75, 3.05) is 6.54 Å². The van der Waals surface area contributed by atoms with Crippen molar-refractivity contribution < 1.29 is 0 Å². The van der Waals surface area contributed by atoms with E-state index in [2.05, 4.69) is 16.2 Å². The average molecular weight is 146 g/mol. The van der Waals surface area contributed by atoms with E-state index in [4.69, 9.17) is 11.6 Å². The number of hydrazine groups is 1. The van der Waals surface area contributed by atoms with Gasteiger partial charge in [0.15, 0.2) is 0 Å². The minimum absolute atomic E-state index is 0.355. The van der Waals surface area contributed by atoms with Gasteiger partial charge in [-0.1, -0.05) is 11.6 Å². The van der Waals surface area contributed by atoms with E-state index in [0.717, 1.165) is 11.6 Å². The van der Waals surface area contributed by atoms with E-state index in [0.29, 0.717) is 12.1 Å². The van der Waals surface area contributed by atoms with Crippen LogP contribution in [0.2, 0.25) is 0 Å². The fraction of sp³-hybridized carbons (Fsp3) is 0.600. The van der Waals surface area contributed by atoms with Gasteiger partial charge in [0.2, 0.25) is 0 Å². The molecule has 0 saturated carbocycles. The quantitative estimate of drug-likeness (QED) is 0.431. The van der Waals surface area contributed by atoms with Gasteiger partial charge in [-0.05, 0) is 0 Å². The zero-order chi connectivity index (χ0) is 6.27. The highest BCUT2D eigenvalue weighted by Crippen LogP contribution is 2.17. The van der Waals surface area contributed by atoms with Crippen molar-refractivity contribution in [3.8, 4) is 0 Å². The Bertz CT molecular complexity index is 156. The molecule has 1 unspecified atom stereocenters. The third-order valence-corrected chi connectivity index (χ3v) is 2.05. The summed E-state index contributed by atoms with van der Waals surface area (Å²) in [6.07, 6.45) is 1.84. The van der Waals surface area contributed by atoms with Gasteiger partial charge in [-0.2, -0.15) is 0 Å². The maximum absolute atomic E-state index is 5.81. The topological polar surface area (TPSA) is 36.1 Å². The molecule has 2 aliphatic rings. The van der Waals surface area contributed by atoms with Crippen LogP contribution in [0.15, 0.2) is 11.2 Å². The number of nitrogens with one attached hydrogen (secondary N) is 3. The first-order chi connectivity index (χ1) is 4.38. The van der Waals surface area contributed by atoms with Gasteiger partial charge >= 0.3 is 0 Å². The molecule has 2 aliphatic heterocycles. The minimum Gasteiger partial charge on any atom is -0.388 e. The van der Waals surface area contributed by atoms with E-state index in [1.165, 1.54) is 0 Å². The predicted molar refractivity (Wildman–Crippen MR) is 35.8 cm³/mol. The summed E-state index contributed by atoms with van der Waals surface area (Å²) in [7, 11) is 0. The van der Waals surface area contributed by atoms with Crippen LogP contribution in [-0.2, 0) is 0 Å². The fourth-order valence-electron chi connectivity index (χ4n) is 1.09. The molecule has 0 spiro atoms. The molecule has 0 amide bonds. The standard InChI is InChI=1S/C5H8ClN3/c6-3-1-7-2-4-5(3)9-8-4/h1,4-5,7-9H,2H2/t4-,5?/m0/s1. The van der Waals surface area contributed by atoms with Crippen LogP contribution in [0.3, 0.4) is 0 Å². The third kappa shape index (κ3) is 0.729. The number of hydrogen-bond acceptors (Lipinski definition) is 3. The van der Waals surface area contributed by atoms with Crippen molar-refractivity contribution in [1.29, 1.82) is 0 Å². The van der Waals surface area contributed by atoms with Gasteiger partial charge < -0.3 is 5.32 Å². The lowest BCUT2D eigenvalue weighted by Crippen LogP contribution is -2.71. The second-order valence-electron chi connectivity index (χ2n) is 2.31. The average Bonchev–Trinajstić information content (AvgIpc) is 1.74. The van der Waals surface area contributed by atoms with Crippen molar-refractivity contribution in [2.45, 2.75) is 12.1 Å². The maximum atomic E-state index is 5.81. The second-order valence-corrected chi connectivity index (χ2v) is 2.75. The van der Waals surface area contributed by atoms with Crippen molar-refractivity contribution in [3.05, 3.63) is 11.2 Å². The van der Waals surface area contributed by atoms with Crippen molar-refractivity contribution in [2.24, 2.45) is 0 Å². The molecule has 9 heavy (non-hydrogen) atoms. The second kappa shape index (κ2) is 1.87. The van der Waals surface area contributed by atoms with Crippen LogP contribution in [0.1, 0.15) is 0 Å². The molecule has 0 bridgehead atoms. The van der Waals surface area contributed by atoms with E-state index in [1.807, 2.05) is 6.20 Å². The largest absolute Gasteiger partial charge is 0.388 e. The molecule has 0 aromatic carbocycles. The molecular weight excluding hydrogens is 138 g/mol. The van der Waals surface area contributed by atoms with Crippen LogP contribution in [-0.4, -0.2) is 18.6 Å². The molecule has 0 radical (unpaired) electrons. The summed E-state index contributed by atoms with van der Waals surface area (Å²) in [5.41, 5.74) is 6.05. The van der Waals surface area contributed by atoms with Crippen molar-refractivity contribution in [1.82, 2.24) is 16.2 Å². The first kappa shape index (κ1) is 5.53. The monoisotopic (exact) mass is 145 g/mol. The normalized spacial score (nSPS) is 39.9. The molecule has 0 aromatic heterocycles. The van der Waals surface area contributed by atoms with Gasteiger partial charge in [0.25, 0.3) is 0 Å². The fourth-order valence-corrected chi connectivity index (χ4v) is 1.37. The molecule has 4 heteroatoms. The summed E-state index contributed by atoms with van der Waals surface area (Å²) in [5.74, 6) is 0. The Hall–Kier alpha value is -0.250. The van der Waals surface area contributed by atoms with E-state index in [9.17, 15) is 0 Å². The van der Waals surface area contributed by atoms with Crippen LogP contribution in [0.5, 0.6) is 0 Å². The van der Waals surface area contributed by atoms with E-state index in [-0.39, 0.29) is 0 Å². The summed E-state index contributed by atoms with van der Waals surface area (Å²) < 4.78 is 0. The molecular formula is C5H8ClN3. The Kier molecular flexibility index (Phi) is 1.15. The number of rotatable bonds is 0. The highest BCUT2D eigenvalue weighted by atomic mass is 35.5. The van der Waals surface area contributed by atoms with Crippen LogP contribution >= 0.6 is 11.6 Å². The third-order valence-electron chi connectivity index (χ3n) is 1.70. The Balaban J connectivity index is 2.14. The molecule has 0 aliphatic carbocycles. The lowest BCUT2D eigenvalue weighted by atomic mass is 10.0. The van der Waals surface area contributed by atoms with Gasteiger partial charge in [0.1, 0.15) is 0 Å². The van der Waals surface area contributed by atoms with Gasteiger partial charge in [0.05, 0.1) is 17.1 Å². The van der Waals surface area contributed by atoms with E-state index >= 15 is 0 Å². The summed E-state index contributed by atoms with van der Waals surface area (Å²) in [6.45, 7) is 0.966. The Morgan fingerprint density at radius 3 is 2.89 bits per heavy atom. The van der Waals surface area contributed by atoms with Crippen LogP contribution in [0.25, 0.3) is 0 Å². The molecule has 1 fully saturated rings. The number of fused-ring (bicyclic) bond motifs is 1. The summed E-state index contributed by atoms with van der Waals surface area (Å²) in [4.78, 5) is 0. The molecule has 2 atom stereocenters. The van der Waals surface area contributed by atoms with Crippen LogP contribution in [0, 0.1) is 0 Å². The lowest BCUT2D eigenvalue weighted by Gasteiger charge is -2.41. The highest BCUT2D eigenvalue weighted by Gasteiger charge is 2.34. The summed E-state index contributed by atoms with van der Waals surface area (Å²) in [5, 5.41) is 3.94. The molecule has 2 rings (SSSR count). The van der Waals surface area contributed by atoms with Gasteiger partial charge in [-0.15, -0.1) is 0 Å². The maximum Gasteiger partial charge on any atom is 0.0767 e. The van der Waals surface area contributed by atoms with E-state index < -0.39 is 0 Å². The molecule has 50 valence electrons. The van der Waals surface area contributed by atoms with E-state index in [1.54, 1.807) is 0 Å². The van der Waals surface area contributed by atoms with Crippen LogP contribution < -0.4 is 16.2 Å². The van der Waals surface area contributed by atoms with Crippen molar-refractivity contribution in [3.63, 3.8) is 0 Å². The molecule has 2 heterocycles. The van der Waals surface area contributed by atoms with Crippen LogP contribution in [0.4, 0.5) is 0 Å². The van der Waals surface area contributed by atoms with Gasteiger partial charge in [-0.25, -0.2) is 5.43 Å². The minimum atomic E-state index is 0.355. The molecule has 1 saturated heterocycles. The zero-order valence-electron chi connectivity index (χ0n) is 4.82. The molecule has 3 N–H and O–H groups in total. The SMILES string of the molecule is ClC1=CNC[C@@H]2NNC12. The first-order valence-corrected chi connectivity index (χ1v) is 3.36. The first-order valence-electron chi connectivity index (χ1n) is 2.98. The predicted octanol–water partition coefficient (Wildman–Crippen LogP) is -0.485. The van der Waals surface area contributed by atoms with Gasteiger partial charge in [-0.3, -0.25) is 5.43 Å². The molecule has 3 nitrogen and oxygen atoms in total. The van der Waals surface area contributed by atoms with Crippen molar-refractivity contribution >= 4 is 11.6 Å². The Labute approximate surface area is 58.4 Å². The molecule has 0 aromatic rings. The smallest absolute Gasteiger partial charge is 0.0767 e.